The van der Waals surface area contributed by atoms with Gasteiger partial charge in [0.15, 0.2) is 0 Å². The SMILES string of the molecule is CCCCC(CC)COC(c1c(C(C)(C)C)cc(CN)cc1C(C)(C)C)C(CO)(CO)CO. The summed E-state index contributed by atoms with van der Waals surface area (Å²) in [6.45, 7) is 17.1. The Labute approximate surface area is 202 Å². The molecule has 0 heterocycles. The Hall–Kier alpha value is -0.980. The Balaban J connectivity index is 3.84. The second kappa shape index (κ2) is 12.6. The molecule has 0 aliphatic heterocycles. The maximum Gasteiger partial charge on any atom is 0.0953 e. The third-order valence-corrected chi connectivity index (χ3v) is 6.90. The van der Waals surface area contributed by atoms with E-state index in [0.29, 0.717) is 19.1 Å². The van der Waals surface area contributed by atoms with Crippen LogP contribution in [-0.4, -0.2) is 41.7 Å². The monoisotopic (exact) mass is 465 g/mol. The molecule has 33 heavy (non-hydrogen) atoms. The first-order valence-corrected chi connectivity index (χ1v) is 12.7. The van der Waals surface area contributed by atoms with E-state index in [2.05, 4.69) is 67.5 Å². The molecule has 0 aliphatic carbocycles. The number of hydrogen-bond acceptors (Lipinski definition) is 5. The standard InChI is InChI=1S/C28H51NO4/c1-9-11-12-20(10-2)16-33-25(28(17-30,18-31)19-32)24-22(26(3,4)5)13-21(15-29)14-23(24)27(6,7)8/h13-14,20,25,30-32H,9-12,15-19,29H2,1-8H3. The summed E-state index contributed by atoms with van der Waals surface area (Å²) >= 11 is 0. The van der Waals surface area contributed by atoms with Gasteiger partial charge in [-0.15, -0.1) is 0 Å². The molecule has 0 aliphatic rings. The first kappa shape index (κ1) is 30.1. The maximum atomic E-state index is 10.4. The zero-order chi connectivity index (χ0) is 25.4. The highest BCUT2D eigenvalue weighted by molar-refractivity contribution is 5.48. The van der Waals surface area contributed by atoms with Gasteiger partial charge >= 0.3 is 0 Å². The van der Waals surface area contributed by atoms with Crippen LogP contribution in [0.4, 0.5) is 0 Å². The van der Waals surface area contributed by atoms with Crippen molar-refractivity contribution in [2.24, 2.45) is 17.1 Å². The molecule has 5 N–H and O–H groups in total. The van der Waals surface area contributed by atoms with Gasteiger partial charge in [-0.05, 0) is 45.4 Å². The van der Waals surface area contributed by atoms with E-state index in [4.69, 9.17) is 10.5 Å². The molecule has 1 aromatic rings. The molecular formula is C28H51NO4. The molecule has 0 saturated carbocycles. The molecule has 0 amide bonds. The summed E-state index contributed by atoms with van der Waals surface area (Å²) in [7, 11) is 0. The fourth-order valence-corrected chi connectivity index (χ4v) is 4.45. The lowest BCUT2D eigenvalue weighted by atomic mass is 9.69. The second-order valence-corrected chi connectivity index (χ2v) is 11.8. The van der Waals surface area contributed by atoms with E-state index in [0.717, 1.165) is 47.9 Å². The maximum absolute atomic E-state index is 10.4. The Morgan fingerprint density at radius 2 is 1.36 bits per heavy atom. The second-order valence-electron chi connectivity index (χ2n) is 11.8. The number of aliphatic hydroxyl groups excluding tert-OH is 3. The summed E-state index contributed by atoms with van der Waals surface area (Å²) in [6, 6.07) is 4.26. The first-order valence-electron chi connectivity index (χ1n) is 12.7. The largest absolute Gasteiger partial charge is 0.395 e. The number of ether oxygens (including phenoxy) is 1. The van der Waals surface area contributed by atoms with Crippen LogP contribution in [0.3, 0.4) is 0 Å². The summed E-state index contributed by atoms with van der Waals surface area (Å²) in [4.78, 5) is 0. The summed E-state index contributed by atoms with van der Waals surface area (Å²) in [5.74, 6) is 0.390. The van der Waals surface area contributed by atoms with Crippen molar-refractivity contribution >= 4 is 0 Å². The van der Waals surface area contributed by atoms with Crippen LogP contribution in [-0.2, 0) is 22.1 Å². The van der Waals surface area contributed by atoms with Gasteiger partial charge < -0.3 is 25.8 Å². The third-order valence-electron chi connectivity index (χ3n) is 6.90. The molecular weight excluding hydrogens is 414 g/mol. The number of benzene rings is 1. The van der Waals surface area contributed by atoms with E-state index in [9.17, 15) is 15.3 Å². The topological polar surface area (TPSA) is 95.9 Å². The minimum atomic E-state index is -1.20. The lowest BCUT2D eigenvalue weighted by Gasteiger charge is -2.42. The molecule has 1 rings (SSSR count). The van der Waals surface area contributed by atoms with Crippen molar-refractivity contribution in [1.82, 2.24) is 0 Å². The van der Waals surface area contributed by atoms with Crippen molar-refractivity contribution in [3.8, 4) is 0 Å². The molecule has 1 aromatic carbocycles. The number of rotatable bonds is 13. The van der Waals surface area contributed by atoms with E-state index >= 15 is 0 Å². The number of nitrogens with two attached hydrogens (primary N) is 1. The van der Waals surface area contributed by atoms with Gasteiger partial charge in [0, 0.05) is 6.54 Å². The average molecular weight is 466 g/mol. The average Bonchev–Trinajstić information content (AvgIpc) is 2.77. The Morgan fingerprint density at radius 3 is 1.70 bits per heavy atom. The van der Waals surface area contributed by atoms with E-state index < -0.39 is 11.5 Å². The van der Waals surface area contributed by atoms with Crippen LogP contribution in [0.1, 0.15) is 109 Å². The normalized spacial score (nSPS) is 15.0. The Kier molecular flexibility index (Phi) is 11.5. The molecule has 0 saturated heterocycles. The highest BCUT2D eigenvalue weighted by atomic mass is 16.5. The highest BCUT2D eigenvalue weighted by Crippen LogP contribution is 2.46. The Morgan fingerprint density at radius 1 is 0.879 bits per heavy atom. The first-order chi connectivity index (χ1) is 15.3. The van der Waals surface area contributed by atoms with E-state index in [1.165, 1.54) is 0 Å². The Bertz CT molecular complexity index is 670. The molecule has 0 fully saturated rings. The van der Waals surface area contributed by atoms with Crippen LogP contribution in [0, 0.1) is 11.3 Å². The molecule has 192 valence electrons. The van der Waals surface area contributed by atoms with Crippen molar-refractivity contribution in [2.45, 2.75) is 105 Å². The molecule has 5 nitrogen and oxygen atoms in total. The molecule has 0 radical (unpaired) electrons. The van der Waals surface area contributed by atoms with Gasteiger partial charge in [0.25, 0.3) is 0 Å². The van der Waals surface area contributed by atoms with E-state index in [-0.39, 0.29) is 30.7 Å². The lowest BCUT2D eigenvalue weighted by Crippen LogP contribution is -2.43. The lowest BCUT2D eigenvalue weighted by molar-refractivity contribution is -0.124. The molecule has 2 unspecified atom stereocenters. The molecule has 5 heteroatoms. The van der Waals surface area contributed by atoms with Gasteiger partial charge in [0.1, 0.15) is 0 Å². The predicted octanol–water partition coefficient (Wildman–Crippen LogP) is 4.98. The zero-order valence-corrected chi connectivity index (χ0v) is 22.5. The molecule has 0 aromatic heterocycles. The van der Waals surface area contributed by atoms with Crippen molar-refractivity contribution in [3.63, 3.8) is 0 Å². The quantitative estimate of drug-likeness (QED) is 0.330. The highest BCUT2D eigenvalue weighted by Gasteiger charge is 2.44. The predicted molar refractivity (Wildman–Crippen MR) is 137 cm³/mol. The van der Waals surface area contributed by atoms with Gasteiger partial charge in [0.2, 0.25) is 0 Å². The van der Waals surface area contributed by atoms with Crippen LogP contribution >= 0.6 is 0 Å². The van der Waals surface area contributed by atoms with E-state index in [1.807, 2.05) is 0 Å². The van der Waals surface area contributed by atoms with Crippen molar-refractivity contribution in [3.05, 3.63) is 34.4 Å². The van der Waals surface area contributed by atoms with Crippen LogP contribution in [0.15, 0.2) is 12.1 Å². The summed E-state index contributed by atoms with van der Waals surface area (Å²) in [6.07, 6.45) is 3.71. The van der Waals surface area contributed by atoms with Gasteiger partial charge in [-0.25, -0.2) is 0 Å². The van der Waals surface area contributed by atoms with Crippen LogP contribution in [0.25, 0.3) is 0 Å². The van der Waals surface area contributed by atoms with Crippen molar-refractivity contribution in [2.75, 3.05) is 26.4 Å². The van der Waals surface area contributed by atoms with Crippen molar-refractivity contribution < 1.29 is 20.1 Å². The summed E-state index contributed by atoms with van der Waals surface area (Å²) in [5, 5.41) is 31.3. The molecule has 0 spiro atoms. The number of hydrogen-bond donors (Lipinski definition) is 4. The summed E-state index contributed by atoms with van der Waals surface area (Å²) < 4.78 is 6.65. The van der Waals surface area contributed by atoms with Crippen LogP contribution in [0.2, 0.25) is 0 Å². The van der Waals surface area contributed by atoms with Crippen molar-refractivity contribution in [1.29, 1.82) is 0 Å². The third kappa shape index (κ3) is 7.50. The van der Waals surface area contributed by atoms with Crippen LogP contribution in [0.5, 0.6) is 0 Å². The molecule has 0 bridgehead atoms. The van der Waals surface area contributed by atoms with Gasteiger partial charge in [-0.2, -0.15) is 0 Å². The fourth-order valence-electron chi connectivity index (χ4n) is 4.45. The molecule has 2 atom stereocenters. The van der Waals surface area contributed by atoms with Gasteiger partial charge in [-0.3, -0.25) is 0 Å². The van der Waals surface area contributed by atoms with Crippen LogP contribution < -0.4 is 5.73 Å². The number of unbranched alkanes of at least 4 members (excludes halogenated alkanes) is 1. The van der Waals surface area contributed by atoms with Gasteiger partial charge in [0.05, 0.1) is 37.9 Å². The smallest absolute Gasteiger partial charge is 0.0953 e. The number of aliphatic hydroxyl groups is 3. The summed E-state index contributed by atoms with van der Waals surface area (Å²) in [5.41, 5.74) is 8.61. The van der Waals surface area contributed by atoms with E-state index in [1.54, 1.807) is 0 Å². The minimum absolute atomic E-state index is 0.222. The zero-order valence-electron chi connectivity index (χ0n) is 22.5. The van der Waals surface area contributed by atoms with Gasteiger partial charge in [-0.1, -0.05) is 86.8 Å². The fraction of sp³-hybridized carbons (Fsp3) is 0.786. The minimum Gasteiger partial charge on any atom is -0.395 e.